The van der Waals surface area contributed by atoms with Gasteiger partial charge < -0.3 is 14.4 Å². The summed E-state index contributed by atoms with van der Waals surface area (Å²) in [5.41, 5.74) is -0.303. The SMILES string of the molecule is CN1CCC(C(=O)O)(c2cocn2)CC1. The van der Waals surface area contributed by atoms with Crippen LogP contribution >= 0.6 is 0 Å². The van der Waals surface area contributed by atoms with Crippen molar-refractivity contribution in [1.82, 2.24) is 9.88 Å². The zero-order valence-corrected chi connectivity index (χ0v) is 8.64. The lowest BCUT2D eigenvalue weighted by Crippen LogP contribution is -2.46. The third kappa shape index (κ3) is 1.63. The number of nitrogens with zero attached hydrogens (tertiary/aromatic N) is 2. The van der Waals surface area contributed by atoms with Crippen LogP contribution in [0.2, 0.25) is 0 Å². The van der Waals surface area contributed by atoms with Crippen molar-refractivity contribution in [2.75, 3.05) is 20.1 Å². The van der Waals surface area contributed by atoms with E-state index in [9.17, 15) is 9.90 Å². The number of carboxylic acids is 1. The fraction of sp³-hybridized carbons (Fsp3) is 0.600. The van der Waals surface area contributed by atoms with Crippen LogP contribution in [0.5, 0.6) is 0 Å². The minimum atomic E-state index is -0.848. The molecule has 0 radical (unpaired) electrons. The summed E-state index contributed by atoms with van der Waals surface area (Å²) in [7, 11) is 1.99. The largest absolute Gasteiger partial charge is 0.481 e. The van der Waals surface area contributed by atoms with Crippen LogP contribution < -0.4 is 0 Å². The second-order valence-electron chi connectivity index (χ2n) is 4.06. The number of carbonyl (C=O) groups is 1. The predicted octanol–water partition coefficient (Wildman–Crippen LogP) is 0.723. The predicted molar refractivity (Wildman–Crippen MR) is 52.5 cm³/mol. The molecule has 1 N–H and O–H groups in total. The summed E-state index contributed by atoms with van der Waals surface area (Å²) in [6, 6.07) is 0. The van der Waals surface area contributed by atoms with Gasteiger partial charge in [-0.1, -0.05) is 0 Å². The zero-order chi connectivity index (χ0) is 10.9. The molecule has 0 amide bonds. The van der Waals surface area contributed by atoms with Crippen molar-refractivity contribution in [3.05, 3.63) is 18.4 Å². The Morgan fingerprint density at radius 1 is 1.60 bits per heavy atom. The highest BCUT2D eigenvalue weighted by Crippen LogP contribution is 2.34. The van der Waals surface area contributed by atoms with Crippen LogP contribution in [0.15, 0.2) is 17.1 Å². The minimum Gasteiger partial charge on any atom is -0.481 e. The Kier molecular flexibility index (Phi) is 2.48. The molecule has 2 rings (SSSR count). The summed E-state index contributed by atoms with van der Waals surface area (Å²) in [6.07, 6.45) is 3.91. The van der Waals surface area contributed by atoms with Gasteiger partial charge in [-0.05, 0) is 33.0 Å². The van der Waals surface area contributed by atoms with Crippen LogP contribution in [-0.2, 0) is 10.2 Å². The molecule has 0 bridgehead atoms. The number of aliphatic carboxylic acids is 1. The van der Waals surface area contributed by atoms with Crippen LogP contribution in [0, 0.1) is 0 Å². The van der Waals surface area contributed by atoms with E-state index in [0.29, 0.717) is 18.5 Å². The van der Waals surface area contributed by atoms with Gasteiger partial charge in [0.15, 0.2) is 6.39 Å². The third-order valence-corrected chi connectivity index (χ3v) is 3.17. The topological polar surface area (TPSA) is 66.6 Å². The smallest absolute Gasteiger partial charge is 0.315 e. The number of oxazole rings is 1. The highest BCUT2D eigenvalue weighted by Gasteiger charge is 2.44. The first kappa shape index (κ1) is 10.2. The van der Waals surface area contributed by atoms with Crippen molar-refractivity contribution in [1.29, 1.82) is 0 Å². The molecule has 1 aliphatic heterocycles. The van der Waals surface area contributed by atoms with Crippen molar-refractivity contribution in [3.63, 3.8) is 0 Å². The van der Waals surface area contributed by atoms with Gasteiger partial charge in [0, 0.05) is 0 Å². The van der Waals surface area contributed by atoms with Crippen molar-refractivity contribution in [2.24, 2.45) is 0 Å². The third-order valence-electron chi connectivity index (χ3n) is 3.17. The molecule has 0 atom stereocenters. The Balaban J connectivity index is 2.30. The first-order valence-electron chi connectivity index (χ1n) is 4.96. The maximum absolute atomic E-state index is 11.4. The van der Waals surface area contributed by atoms with Gasteiger partial charge in [-0.3, -0.25) is 4.79 Å². The van der Waals surface area contributed by atoms with Gasteiger partial charge in [-0.2, -0.15) is 0 Å². The molecular weight excluding hydrogens is 196 g/mol. The fourth-order valence-electron chi connectivity index (χ4n) is 2.03. The van der Waals surface area contributed by atoms with Crippen LogP contribution in [0.3, 0.4) is 0 Å². The molecule has 0 aromatic carbocycles. The Hall–Kier alpha value is -1.36. The Labute approximate surface area is 87.7 Å². The second kappa shape index (κ2) is 3.66. The number of rotatable bonds is 2. The lowest BCUT2D eigenvalue weighted by molar-refractivity contribution is -0.146. The molecule has 0 spiro atoms. The summed E-state index contributed by atoms with van der Waals surface area (Å²) in [5.74, 6) is -0.801. The standard InChI is InChI=1S/C10H14N2O3/c1-12-4-2-10(3-5-12,9(13)14)8-6-15-7-11-8/h6-7H,2-5H2,1H3,(H,13,14). The maximum Gasteiger partial charge on any atom is 0.315 e. The summed E-state index contributed by atoms with van der Waals surface area (Å²) >= 11 is 0. The van der Waals surface area contributed by atoms with E-state index in [2.05, 4.69) is 9.88 Å². The summed E-state index contributed by atoms with van der Waals surface area (Å²) in [6.45, 7) is 1.55. The first-order chi connectivity index (χ1) is 7.15. The van der Waals surface area contributed by atoms with E-state index < -0.39 is 11.4 Å². The average Bonchev–Trinajstić information content (AvgIpc) is 2.72. The van der Waals surface area contributed by atoms with E-state index in [1.54, 1.807) is 0 Å². The molecule has 5 nitrogen and oxygen atoms in total. The second-order valence-corrected chi connectivity index (χ2v) is 4.06. The van der Waals surface area contributed by atoms with Gasteiger partial charge in [-0.25, -0.2) is 4.98 Å². The molecule has 82 valence electrons. The van der Waals surface area contributed by atoms with Crippen LogP contribution in [0.4, 0.5) is 0 Å². The summed E-state index contributed by atoms with van der Waals surface area (Å²) in [5, 5.41) is 9.35. The molecule has 0 unspecified atom stereocenters. The lowest BCUT2D eigenvalue weighted by Gasteiger charge is -2.35. The first-order valence-corrected chi connectivity index (χ1v) is 4.96. The Morgan fingerprint density at radius 2 is 2.27 bits per heavy atom. The molecule has 2 heterocycles. The monoisotopic (exact) mass is 210 g/mol. The summed E-state index contributed by atoms with van der Waals surface area (Å²) < 4.78 is 4.88. The van der Waals surface area contributed by atoms with E-state index in [1.165, 1.54) is 12.7 Å². The highest BCUT2D eigenvalue weighted by molar-refractivity contribution is 5.80. The van der Waals surface area contributed by atoms with E-state index in [-0.39, 0.29) is 0 Å². The number of aromatic nitrogens is 1. The fourth-order valence-corrected chi connectivity index (χ4v) is 2.03. The maximum atomic E-state index is 11.4. The Morgan fingerprint density at radius 3 is 2.73 bits per heavy atom. The molecule has 15 heavy (non-hydrogen) atoms. The number of carboxylic acid groups (broad SMARTS) is 1. The van der Waals surface area contributed by atoms with Crippen molar-refractivity contribution in [2.45, 2.75) is 18.3 Å². The molecule has 5 heteroatoms. The van der Waals surface area contributed by atoms with Crippen LogP contribution in [0.25, 0.3) is 0 Å². The molecule has 1 aromatic rings. The van der Waals surface area contributed by atoms with Gasteiger partial charge >= 0.3 is 5.97 Å². The normalized spacial score (nSPS) is 21.4. The number of likely N-dealkylation sites (tertiary alicyclic amines) is 1. The minimum absolute atomic E-state index is 0.545. The molecule has 0 saturated carbocycles. The molecule has 0 aliphatic carbocycles. The van der Waals surface area contributed by atoms with E-state index in [4.69, 9.17) is 4.42 Å². The van der Waals surface area contributed by atoms with Crippen LogP contribution in [0.1, 0.15) is 18.5 Å². The van der Waals surface area contributed by atoms with Gasteiger partial charge in [0.05, 0.1) is 5.69 Å². The van der Waals surface area contributed by atoms with Gasteiger partial charge in [-0.15, -0.1) is 0 Å². The lowest BCUT2D eigenvalue weighted by atomic mass is 9.76. The molecule has 1 saturated heterocycles. The van der Waals surface area contributed by atoms with E-state index in [0.717, 1.165) is 13.1 Å². The molecule has 1 fully saturated rings. The number of hydrogen-bond donors (Lipinski definition) is 1. The van der Waals surface area contributed by atoms with Crippen molar-refractivity contribution in [3.8, 4) is 0 Å². The number of hydrogen-bond acceptors (Lipinski definition) is 4. The van der Waals surface area contributed by atoms with Gasteiger partial charge in [0.2, 0.25) is 0 Å². The Bertz CT molecular complexity index is 340. The quantitative estimate of drug-likeness (QED) is 0.779. The van der Waals surface area contributed by atoms with Crippen molar-refractivity contribution < 1.29 is 14.3 Å². The molecular formula is C10H14N2O3. The molecule has 1 aliphatic rings. The highest BCUT2D eigenvalue weighted by atomic mass is 16.4. The summed E-state index contributed by atoms with van der Waals surface area (Å²) in [4.78, 5) is 17.5. The average molecular weight is 210 g/mol. The van der Waals surface area contributed by atoms with Gasteiger partial charge in [0.25, 0.3) is 0 Å². The van der Waals surface area contributed by atoms with Crippen molar-refractivity contribution >= 4 is 5.97 Å². The van der Waals surface area contributed by atoms with E-state index in [1.807, 2.05) is 7.05 Å². The van der Waals surface area contributed by atoms with Crippen LogP contribution in [-0.4, -0.2) is 41.1 Å². The zero-order valence-electron chi connectivity index (χ0n) is 8.64. The molecule has 1 aromatic heterocycles. The number of piperidine rings is 1. The van der Waals surface area contributed by atoms with E-state index >= 15 is 0 Å². The van der Waals surface area contributed by atoms with Gasteiger partial charge in [0.1, 0.15) is 11.7 Å².